The number of nitrogens with one attached hydrogen (secondary N) is 1. The minimum absolute atomic E-state index is 0.425. The van der Waals surface area contributed by atoms with E-state index >= 15 is 0 Å². The zero-order chi connectivity index (χ0) is 16.0. The predicted molar refractivity (Wildman–Crippen MR) is 88.8 cm³/mol. The molecule has 0 radical (unpaired) electrons. The molecule has 1 amide bonds. The van der Waals surface area contributed by atoms with Crippen LogP contribution in [-0.2, 0) is 4.74 Å². The molecule has 0 aliphatic carbocycles. The van der Waals surface area contributed by atoms with Crippen LogP contribution in [0.1, 0.15) is 32.8 Å². The summed E-state index contributed by atoms with van der Waals surface area (Å²) in [4.78, 5) is 11.4. The molecule has 0 heterocycles. The van der Waals surface area contributed by atoms with Crippen LogP contribution in [0.2, 0.25) is 10.0 Å². The zero-order valence-corrected chi connectivity index (χ0v) is 13.9. The number of carbonyl (C=O) groups excluding carboxylic acids is 1. The highest BCUT2D eigenvalue weighted by atomic mass is 35.5. The maximum absolute atomic E-state index is 11.4. The third-order valence-corrected chi connectivity index (χ3v) is 2.93. The Kier molecular flexibility index (Phi) is 6.37. The minimum atomic E-state index is -0.494. The van der Waals surface area contributed by atoms with Gasteiger partial charge in [0.15, 0.2) is 0 Å². The smallest absolute Gasteiger partial charge is 0.407 e. The Morgan fingerprint density at radius 3 is 2.67 bits per heavy atom. The van der Waals surface area contributed by atoms with Crippen LogP contribution in [0.4, 0.5) is 10.5 Å². The largest absolute Gasteiger partial charge is 0.444 e. The molecule has 4 nitrogen and oxygen atoms in total. The normalized spacial score (nSPS) is 11.7. The standard InChI is InChI=1S/C15H20Cl2N2O2/c1-15(2,3)21-14(20)19-7-5-4-6-10-8-11(16)9-12(17)13(10)18/h4,6,8-9H,5,7,18H2,1-3H3,(H,19,20). The van der Waals surface area contributed by atoms with Crippen LogP contribution in [0.3, 0.4) is 0 Å². The van der Waals surface area contributed by atoms with Gasteiger partial charge in [-0.2, -0.15) is 0 Å². The van der Waals surface area contributed by atoms with E-state index in [4.69, 9.17) is 33.7 Å². The lowest BCUT2D eigenvalue weighted by atomic mass is 10.1. The fourth-order valence-electron chi connectivity index (χ4n) is 1.52. The van der Waals surface area contributed by atoms with Crippen molar-refractivity contribution in [2.45, 2.75) is 32.8 Å². The number of hydrogen-bond donors (Lipinski definition) is 2. The van der Waals surface area contributed by atoms with Crippen molar-refractivity contribution in [1.29, 1.82) is 0 Å². The van der Waals surface area contributed by atoms with Gasteiger partial charge in [-0.1, -0.05) is 35.4 Å². The van der Waals surface area contributed by atoms with Crippen molar-refractivity contribution in [1.82, 2.24) is 5.32 Å². The topological polar surface area (TPSA) is 64.3 Å². The number of ether oxygens (including phenoxy) is 1. The molecule has 116 valence electrons. The van der Waals surface area contributed by atoms with E-state index in [-0.39, 0.29) is 0 Å². The first kappa shape index (κ1) is 17.7. The van der Waals surface area contributed by atoms with Crippen LogP contribution in [-0.4, -0.2) is 18.2 Å². The van der Waals surface area contributed by atoms with Crippen molar-refractivity contribution < 1.29 is 9.53 Å². The summed E-state index contributed by atoms with van der Waals surface area (Å²) < 4.78 is 5.12. The summed E-state index contributed by atoms with van der Waals surface area (Å²) >= 11 is 11.9. The Morgan fingerprint density at radius 2 is 2.05 bits per heavy atom. The predicted octanol–water partition coefficient (Wildman–Crippen LogP) is 4.50. The number of rotatable bonds is 4. The van der Waals surface area contributed by atoms with Crippen molar-refractivity contribution in [2.24, 2.45) is 0 Å². The third kappa shape index (κ3) is 6.74. The molecule has 0 saturated heterocycles. The van der Waals surface area contributed by atoms with Gasteiger partial charge in [-0.05, 0) is 39.3 Å². The molecule has 0 fully saturated rings. The summed E-state index contributed by atoms with van der Waals surface area (Å²) in [6.07, 6.45) is 3.92. The number of alkyl carbamates (subject to hydrolysis) is 1. The van der Waals surface area contributed by atoms with Gasteiger partial charge < -0.3 is 15.8 Å². The first-order valence-electron chi connectivity index (χ1n) is 6.57. The molecule has 6 heteroatoms. The molecular weight excluding hydrogens is 311 g/mol. The molecule has 0 aliphatic heterocycles. The maximum Gasteiger partial charge on any atom is 0.407 e. The average Bonchev–Trinajstić information content (AvgIpc) is 2.32. The Morgan fingerprint density at radius 1 is 1.38 bits per heavy atom. The summed E-state index contributed by atoms with van der Waals surface area (Å²) in [6.45, 7) is 5.92. The quantitative estimate of drug-likeness (QED) is 0.630. The van der Waals surface area contributed by atoms with Gasteiger partial charge in [-0.25, -0.2) is 4.79 Å². The number of carbonyl (C=O) groups is 1. The highest BCUT2D eigenvalue weighted by molar-refractivity contribution is 6.36. The first-order chi connectivity index (χ1) is 9.69. The lowest BCUT2D eigenvalue weighted by Crippen LogP contribution is -2.32. The van der Waals surface area contributed by atoms with Gasteiger partial charge in [0, 0.05) is 17.1 Å². The van der Waals surface area contributed by atoms with E-state index in [0.29, 0.717) is 28.7 Å². The Labute approximate surface area is 135 Å². The Hall–Kier alpha value is -1.39. The fraction of sp³-hybridized carbons (Fsp3) is 0.400. The molecule has 1 aromatic rings. The summed E-state index contributed by atoms with van der Waals surface area (Å²) in [5.74, 6) is 0. The minimum Gasteiger partial charge on any atom is -0.444 e. The summed E-state index contributed by atoms with van der Waals surface area (Å²) in [7, 11) is 0. The summed E-state index contributed by atoms with van der Waals surface area (Å²) in [5, 5.41) is 3.62. The molecular formula is C15H20Cl2N2O2. The monoisotopic (exact) mass is 330 g/mol. The number of hydrogen-bond acceptors (Lipinski definition) is 3. The third-order valence-electron chi connectivity index (χ3n) is 2.40. The molecule has 1 rings (SSSR count). The summed E-state index contributed by atoms with van der Waals surface area (Å²) in [5.41, 5.74) is 6.60. The van der Waals surface area contributed by atoms with E-state index in [0.717, 1.165) is 5.56 Å². The van der Waals surface area contributed by atoms with E-state index in [2.05, 4.69) is 5.32 Å². The van der Waals surface area contributed by atoms with E-state index in [1.54, 1.807) is 12.1 Å². The zero-order valence-electron chi connectivity index (χ0n) is 12.4. The van der Waals surface area contributed by atoms with Gasteiger partial charge in [-0.15, -0.1) is 0 Å². The van der Waals surface area contributed by atoms with Crippen LogP contribution in [0.25, 0.3) is 6.08 Å². The molecule has 0 saturated carbocycles. The van der Waals surface area contributed by atoms with Gasteiger partial charge in [0.05, 0.1) is 10.7 Å². The number of nitrogen functional groups attached to an aromatic ring is 1. The first-order valence-corrected chi connectivity index (χ1v) is 7.32. The van der Waals surface area contributed by atoms with Crippen molar-refractivity contribution in [3.8, 4) is 0 Å². The van der Waals surface area contributed by atoms with E-state index in [9.17, 15) is 4.79 Å². The number of halogens is 2. The SMILES string of the molecule is CC(C)(C)OC(=O)NCCC=Cc1cc(Cl)cc(Cl)c1N. The van der Waals surface area contributed by atoms with Gasteiger partial charge in [-0.3, -0.25) is 0 Å². The number of benzene rings is 1. The molecule has 0 atom stereocenters. The van der Waals surface area contributed by atoms with E-state index < -0.39 is 11.7 Å². The van der Waals surface area contributed by atoms with Crippen LogP contribution in [0, 0.1) is 0 Å². The average molecular weight is 331 g/mol. The van der Waals surface area contributed by atoms with Crippen LogP contribution >= 0.6 is 23.2 Å². The number of anilines is 1. The Bertz CT molecular complexity index is 537. The molecule has 0 aromatic heterocycles. The maximum atomic E-state index is 11.4. The van der Waals surface area contributed by atoms with Crippen molar-refractivity contribution in [3.63, 3.8) is 0 Å². The number of amides is 1. The van der Waals surface area contributed by atoms with Crippen LogP contribution in [0.5, 0.6) is 0 Å². The van der Waals surface area contributed by atoms with Crippen molar-refractivity contribution >= 4 is 41.1 Å². The van der Waals surface area contributed by atoms with Crippen LogP contribution in [0.15, 0.2) is 18.2 Å². The second-order valence-corrected chi connectivity index (χ2v) is 6.35. The van der Waals surface area contributed by atoms with E-state index in [1.807, 2.05) is 32.9 Å². The second kappa shape index (κ2) is 7.57. The highest BCUT2D eigenvalue weighted by Crippen LogP contribution is 2.28. The van der Waals surface area contributed by atoms with Gasteiger partial charge in [0.2, 0.25) is 0 Å². The second-order valence-electron chi connectivity index (χ2n) is 5.51. The van der Waals surface area contributed by atoms with Gasteiger partial charge in [0.1, 0.15) is 5.60 Å². The molecule has 0 aliphatic rings. The number of nitrogens with two attached hydrogens (primary N) is 1. The van der Waals surface area contributed by atoms with Gasteiger partial charge in [0.25, 0.3) is 0 Å². The Balaban J connectivity index is 2.45. The molecule has 21 heavy (non-hydrogen) atoms. The lowest BCUT2D eigenvalue weighted by Gasteiger charge is -2.19. The molecule has 0 unspecified atom stereocenters. The van der Waals surface area contributed by atoms with Crippen molar-refractivity contribution in [2.75, 3.05) is 12.3 Å². The molecule has 3 N–H and O–H groups in total. The summed E-state index contributed by atoms with van der Waals surface area (Å²) in [6, 6.07) is 3.33. The van der Waals surface area contributed by atoms with Gasteiger partial charge >= 0.3 is 6.09 Å². The lowest BCUT2D eigenvalue weighted by molar-refractivity contribution is 0.0529. The molecule has 1 aromatic carbocycles. The fourth-order valence-corrected chi connectivity index (χ4v) is 2.03. The molecule has 0 bridgehead atoms. The molecule has 0 spiro atoms. The van der Waals surface area contributed by atoms with Crippen molar-refractivity contribution in [3.05, 3.63) is 33.8 Å². The van der Waals surface area contributed by atoms with Crippen LogP contribution < -0.4 is 11.1 Å². The highest BCUT2D eigenvalue weighted by Gasteiger charge is 2.15. The van der Waals surface area contributed by atoms with E-state index in [1.165, 1.54) is 0 Å².